The Morgan fingerprint density at radius 2 is 1.35 bits per heavy atom. The molecule has 2 heterocycles. The van der Waals surface area contributed by atoms with Crippen molar-refractivity contribution in [1.29, 1.82) is 0 Å². The van der Waals surface area contributed by atoms with E-state index in [2.05, 4.69) is 0 Å². The second kappa shape index (κ2) is 16.5. The van der Waals surface area contributed by atoms with Gasteiger partial charge in [0.05, 0.1) is 31.1 Å². The zero-order chi connectivity index (χ0) is 46.0. The fourth-order valence-electron chi connectivity index (χ4n) is 8.87. The Morgan fingerprint density at radius 1 is 0.710 bits per heavy atom. The Hall–Kier alpha value is -4.10. The SMILES string of the molecule is CCCC[N+]1=C(/C=C/C=C2/N(CCCS(=O)(=O)[O-])c3ccc4ccc(S(=O)(=O)O)cc4c3C2(C)CCCS(=O)(=O)O)C(C)(C)c2c1ccc1c(S(=O)(=O)O)cc(S(=O)(=O)O)cc21. The molecule has 1 unspecified atom stereocenters. The molecule has 0 spiro atoms. The van der Waals surface area contributed by atoms with Crippen molar-refractivity contribution in [2.75, 3.05) is 29.5 Å². The van der Waals surface area contributed by atoms with Crippen molar-refractivity contribution < 1.29 is 69.4 Å². The molecule has 62 heavy (non-hydrogen) atoms. The van der Waals surface area contributed by atoms with E-state index in [1.54, 1.807) is 48.3 Å². The lowest BCUT2D eigenvalue weighted by atomic mass is 9.75. The molecule has 336 valence electrons. The van der Waals surface area contributed by atoms with Gasteiger partial charge in [-0.15, -0.1) is 0 Å². The van der Waals surface area contributed by atoms with Crippen LogP contribution < -0.4 is 4.90 Å². The minimum atomic E-state index is -4.99. The number of allylic oxidation sites excluding steroid dienone is 4. The largest absolute Gasteiger partial charge is 0.748 e. The Balaban J connectivity index is 1.59. The normalized spacial score (nSPS) is 19.0. The molecule has 1 atom stereocenters. The van der Waals surface area contributed by atoms with E-state index in [1.165, 1.54) is 24.3 Å². The number of benzene rings is 4. The molecule has 4 N–H and O–H groups in total. The zero-order valence-corrected chi connectivity index (χ0v) is 38.1. The number of unbranched alkanes of at least 4 members (excludes halogenated alkanes) is 1. The molecule has 0 radical (unpaired) electrons. The molecular weight excluding hydrogens is 909 g/mol. The van der Waals surface area contributed by atoms with Crippen molar-refractivity contribution in [1.82, 2.24) is 0 Å². The lowest BCUT2D eigenvalue weighted by Crippen LogP contribution is -2.31. The van der Waals surface area contributed by atoms with Gasteiger partial charge in [-0.1, -0.05) is 31.6 Å². The third-order valence-corrected chi connectivity index (χ3v) is 15.7. The number of nitrogens with zero attached hydrogens (tertiary/aromatic N) is 2. The molecule has 4 aromatic carbocycles. The van der Waals surface area contributed by atoms with Crippen LogP contribution >= 0.6 is 0 Å². The van der Waals surface area contributed by atoms with Gasteiger partial charge in [-0.2, -0.15) is 38.2 Å². The average Bonchev–Trinajstić information content (AvgIpc) is 3.50. The Kier molecular flexibility index (Phi) is 12.6. The van der Waals surface area contributed by atoms with Gasteiger partial charge in [0.15, 0.2) is 5.71 Å². The highest BCUT2D eigenvalue weighted by molar-refractivity contribution is 7.87. The maximum absolute atomic E-state index is 12.6. The maximum Gasteiger partial charge on any atom is 0.295 e. The van der Waals surface area contributed by atoms with E-state index in [4.69, 9.17) is 0 Å². The van der Waals surface area contributed by atoms with Crippen molar-refractivity contribution in [3.05, 3.63) is 89.6 Å². The summed E-state index contributed by atoms with van der Waals surface area (Å²) in [6.07, 6.45) is 6.48. The molecule has 22 heteroatoms. The third kappa shape index (κ3) is 9.40. The number of anilines is 1. The van der Waals surface area contributed by atoms with E-state index >= 15 is 0 Å². The molecule has 0 amide bonds. The lowest BCUT2D eigenvalue weighted by molar-refractivity contribution is -0.438. The zero-order valence-electron chi connectivity index (χ0n) is 34.0. The second-order valence-corrected chi connectivity index (χ2v) is 23.5. The van der Waals surface area contributed by atoms with Crippen molar-refractivity contribution >= 4 is 89.2 Å². The predicted molar refractivity (Wildman–Crippen MR) is 232 cm³/mol. The van der Waals surface area contributed by atoms with Crippen LogP contribution in [0, 0.1) is 0 Å². The first-order chi connectivity index (χ1) is 28.5. The smallest absolute Gasteiger partial charge is 0.295 e. The van der Waals surface area contributed by atoms with E-state index in [0.717, 1.165) is 12.5 Å². The number of hydrogen-bond donors (Lipinski definition) is 4. The fraction of sp³-hybridized carbons (Fsp3) is 0.375. The van der Waals surface area contributed by atoms with Crippen molar-refractivity contribution in [2.24, 2.45) is 0 Å². The molecular formula is C40H46N2O15S5. The first-order valence-corrected chi connectivity index (χ1v) is 26.8. The standard InChI is InChI=1S/C40H46N2O15S5/c1-5-6-19-41-32-17-15-29-31(24-28(61(52,53)54)25-34(29)62(55,56)57)37(32)39(2,3)35(41)10-7-11-36-40(4,18-8-21-58(43,44)45)38-30-23-27(60(49,50)51)14-12-26(30)13-16-33(38)42(36)20-9-22-59(46,47)48/h7,10-17,23-25H,5-6,8-9,18-22H2,1-4H3,(H4-,43,44,45,46,47,48,49,50,51,52,53,54,55,56,57). The summed E-state index contributed by atoms with van der Waals surface area (Å²) in [5, 5.41) is 1.10. The number of hydrogen-bond acceptors (Lipinski definition) is 12. The van der Waals surface area contributed by atoms with Gasteiger partial charge in [-0.25, -0.2) is 8.42 Å². The molecule has 6 rings (SSSR count). The van der Waals surface area contributed by atoms with Crippen LogP contribution in [-0.2, 0) is 61.4 Å². The van der Waals surface area contributed by atoms with Crippen LogP contribution in [0.5, 0.6) is 0 Å². The molecule has 0 aliphatic carbocycles. The molecule has 0 aromatic heterocycles. The molecule has 2 aliphatic rings. The van der Waals surface area contributed by atoms with Gasteiger partial charge in [0.1, 0.15) is 11.4 Å². The summed E-state index contributed by atoms with van der Waals surface area (Å²) in [6, 6.07) is 12.4. The van der Waals surface area contributed by atoms with Gasteiger partial charge in [0.2, 0.25) is 5.69 Å². The Morgan fingerprint density at radius 3 is 1.95 bits per heavy atom. The molecule has 17 nitrogen and oxygen atoms in total. The summed E-state index contributed by atoms with van der Waals surface area (Å²) in [6.45, 7) is 7.85. The molecule has 0 bridgehead atoms. The van der Waals surface area contributed by atoms with Gasteiger partial charge in [0, 0.05) is 58.6 Å². The summed E-state index contributed by atoms with van der Waals surface area (Å²) in [7, 11) is -23.7. The van der Waals surface area contributed by atoms with Gasteiger partial charge >= 0.3 is 0 Å². The molecule has 4 aromatic rings. The van der Waals surface area contributed by atoms with Crippen molar-refractivity contribution in [3.8, 4) is 0 Å². The van der Waals surface area contributed by atoms with Crippen LogP contribution in [-0.4, -0.2) is 99.7 Å². The van der Waals surface area contributed by atoms with Gasteiger partial charge in [-0.3, -0.25) is 18.2 Å². The topological polar surface area (TPSA) is 281 Å². The summed E-state index contributed by atoms with van der Waals surface area (Å²) in [5.41, 5.74) is 1.07. The Labute approximate surface area is 361 Å². The summed E-state index contributed by atoms with van der Waals surface area (Å²) in [5.74, 6) is -1.34. The number of fused-ring (bicyclic) bond motifs is 6. The van der Waals surface area contributed by atoms with Crippen molar-refractivity contribution in [3.63, 3.8) is 0 Å². The predicted octanol–water partition coefficient (Wildman–Crippen LogP) is 5.73. The van der Waals surface area contributed by atoms with E-state index in [1.807, 2.05) is 25.3 Å². The van der Waals surface area contributed by atoms with Crippen LogP contribution in [0.3, 0.4) is 0 Å². The first-order valence-electron chi connectivity index (χ1n) is 19.3. The molecule has 0 fully saturated rings. The van der Waals surface area contributed by atoms with E-state index in [-0.39, 0.29) is 36.6 Å². The van der Waals surface area contributed by atoms with Gasteiger partial charge < -0.3 is 9.45 Å². The highest BCUT2D eigenvalue weighted by Crippen LogP contribution is 2.54. The summed E-state index contributed by atoms with van der Waals surface area (Å²) >= 11 is 0. The molecule has 2 aliphatic heterocycles. The highest BCUT2D eigenvalue weighted by atomic mass is 32.2. The lowest BCUT2D eigenvalue weighted by Gasteiger charge is -2.31. The minimum Gasteiger partial charge on any atom is -0.748 e. The fourth-order valence-corrected chi connectivity index (χ4v) is 11.7. The van der Waals surface area contributed by atoms with Crippen LogP contribution in [0.4, 0.5) is 11.4 Å². The molecule has 0 saturated heterocycles. The van der Waals surface area contributed by atoms with Gasteiger partial charge in [0.25, 0.3) is 40.5 Å². The van der Waals surface area contributed by atoms with Gasteiger partial charge in [-0.05, 0) is 104 Å². The van der Waals surface area contributed by atoms with Crippen LogP contribution in [0.2, 0.25) is 0 Å². The monoisotopic (exact) mass is 954 g/mol. The highest BCUT2D eigenvalue weighted by Gasteiger charge is 2.47. The van der Waals surface area contributed by atoms with Crippen LogP contribution in [0.25, 0.3) is 21.5 Å². The van der Waals surface area contributed by atoms with E-state index < -0.39 is 87.6 Å². The second-order valence-electron chi connectivity index (χ2n) is 16.2. The van der Waals surface area contributed by atoms with E-state index in [9.17, 15) is 64.9 Å². The summed E-state index contributed by atoms with van der Waals surface area (Å²) < 4.78 is 176. The van der Waals surface area contributed by atoms with E-state index in [0.29, 0.717) is 63.7 Å². The maximum atomic E-state index is 12.6. The summed E-state index contributed by atoms with van der Waals surface area (Å²) in [4.78, 5) is -0.115. The van der Waals surface area contributed by atoms with Crippen molar-refractivity contribution in [2.45, 2.75) is 85.3 Å². The third-order valence-electron chi connectivity index (χ3n) is 11.5. The van der Waals surface area contributed by atoms with Crippen LogP contribution in [0.1, 0.15) is 70.9 Å². The number of rotatable bonds is 16. The Bertz CT molecular complexity index is 3190. The first kappa shape index (κ1) is 47.4. The average molecular weight is 955 g/mol. The quantitative estimate of drug-likeness (QED) is 0.0770. The minimum absolute atomic E-state index is 0.0130. The molecule has 0 saturated carbocycles. The van der Waals surface area contributed by atoms with Crippen LogP contribution in [0.15, 0.2) is 93.2 Å².